The Morgan fingerprint density at radius 3 is 2.57 bits per heavy atom. The number of nitrogens with zero attached hydrogens (tertiary/aromatic N) is 3. The number of aryl methyl sites for hydroxylation is 1. The number of aromatic nitrogens is 3. The van der Waals surface area contributed by atoms with E-state index in [1.54, 1.807) is 20.8 Å². The number of nitrogens with one attached hydrogen (secondary N) is 1. The molecule has 0 bridgehead atoms. The average Bonchev–Trinajstić information content (AvgIpc) is 3.30. The quantitative estimate of drug-likeness (QED) is 0.791. The Labute approximate surface area is 158 Å². The van der Waals surface area contributed by atoms with E-state index in [1.165, 1.54) is 0 Å². The third kappa shape index (κ3) is 4.90. The Balaban J connectivity index is 1.71. The normalized spacial score (nSPS) is 14.6. The summed E-state index contributed by atoms with van der Waals surface area (Å²) in [5, 5.41) is 6.24. The summed E-state index contributed by atoms with van der Waals surface area (Å²) in [6.45, 7) is 4.96. The maximum atomic E-state index is 13.1. The van der Waals surface area contributed by atoms with Crippen molar-refractivity contribution in [1.29, 1.82) is 0 Å². The van der Waals surface area contributed by atoms with Crippen LogP contribution < -0.4 is 14.8 Å². The van der Waals surface area contributed by atoms with Crippen molar-refractivity contribution in [3.8, 4) is 11.8 Å². The number of pyridine rings is 1. The third-order valence-electron chi connectivity index (χ3n) is 3.99. The van der Waals surface area contributed by atoms with Crippen LogP contribution in [0, 0.1) is 12.8 Å². The molecule has 1 N–H and O–H groups in total. The summed E-state index contributed by atoms with van der Waals surface area (Å²) in [5.74, 6) is -0.167. The molecular weight excluding hydrogens is 381 g/mol. The summed E-state index contributed by atoms with van der Waals surface area (Å²) in [6, 6.07) is 1.73. The molecule has 0 radical (unpaired) electrons. The molecule has 2 heterocycles. The van der Waals surface area contributed by atoms with Gasteiger partial charge in [0.25, 0.3) is 0 Å². The molecule has 28 heavy (non-hydrogen) atoms. The summed E-state index contributed by atoms with van der Waals surface area (Å²) in [7, 11) is 0. The largest absolute Gasteiger partial charge is 0.477 e. The maximum Gasteiger partial charge on any atom is 0.421 e. The van der Waals surface area contributed by atoms with E-state index in [0.29, 0.717) is 5.89 Å². The van der Waals surface area contributed by atoms with E-state index in [-0.39, 0.29) is 24.2 Å². The van der Waals surface area contributed by atoms with Gasteiger partial charge in [0.1, 0.15) is 11.1 Å². The van der Waals surface area contributed by atoms with Crippen molar-refractivity contribution in [2.75, 3.05) is 6.61 Å². The van der Waals surface area contributed by atoms with Gasteiger partial charge in [-0.2, -0.15) is 23.1 Å². The number of ether oxygens (including phenoxy) is 2. The summed E-state index contributed by atoms with van der Waals surface area (Å²) in [6.07, 6.45) is -3.76. The highest BCUT2D eigenvalue weighted by Gasteiger charge is 2.37. The van der Waals surface area contributed by atoms with Crippen LogP contribution >= 0.6 is 0 Å². The number of carbonyl (C=O) groups excluding carboxylic acids is 1. The minimum atomic E-state index is -4.63. The topological polar surface area (TPSA) is 99.4 Å². The Kier molecular flexibility index (Phi) is 5.18. The van der Waals surface area contributed by atoms with E-state index < -0.39 is 29.3 Å². The Morgan fingerprint density at radius 2 is 2.00 bits per heavy atom. The number of halogens is 3. The first-order valence-corrected chi connectivity index (χ1v) is 8.56. The van der Waals surface area contributed by atoms with Crippen molar-refractivity contribution in [3.05, 3.63) is 29.4 Å². The van der Waals surface area contributed by atoms with Crippen LogP contribution in [0.25, 0.3) is 0 Å². The maximum absolute atomic E-state index is 13.1. The van der Waals surface area contributed by atoms with Crippen LogP contribution in [0.4, 0.5) is 18.0 Å². The van der Waals surface area contributed by atoms with Crippen molar-refractivity contribution in [3.63, 3.8) is 0 Å². The van der Waals surface area contributed by atoms with Crippen LogP contribution in [-0.4, -0.2) is 27.8 Å². The fourth-order valence-corrected chi connectivity index (χ4v) is 2.27. The number of carbonyl (C=O) groups is 1. The number of alkyl halides is 3. The van der Waals surface area contributed by atoms with Crippen LogP contribution in [0.15, 0.2) is 16.7 Å². The molecule has 0 unspecified atom stereocenters. The van der Waals surface area contributed by atoms with E-state index in [9.17, 15) is 18.0 Å². The smallest absolute Gasteiger partial charge is 0.421 e. The summed E-state index contributed by atoms with van der Waals surface area (Å²) in [4.78, 5) is 19.9. The van der Waals surface area contributed by atoms with Crippen LogP contribution in [0.1, 0.15) is 44.0 Å². The highest BCUT2D eigenvalue weighted by atomic mass is 19.4. The van der Waals surface area contributed by atoms with Crippen molar-refractivity contribution in [1.82, 2.24) is 20.4 Å². The lowest BCUT2D eigenvalue weighted by molar-refractivity contribution is -0.139. The lowest BCUT2D eigenvalue weighted by Crippen LogP contribution is -2.43. The first-order chi connectivity index (χ1) is 13.0. The van der Waals surface area contributed by atoms with E-state index >= 15 is 0 Å². The van der Waals surface area contributed by atoms with Gasteiger partial charge in [0, 0.05) is 13.0 Å². The van der Waals surface area contributed by atoms with Crippen LogP contribution in [-0.2, 0) is 11.7 Å². The molecule has 1 saturated carbocycles. The summed E-state index contributed by atoms with van der Waals surface area (Å²) < 4.78 is 54.5. The van der Waals surface area contributed by atoms with E-state index in [1.807, 2.05) is 0 Å². The molecule has 2 aromatic heterocycles. The molecule has 152 valence electrons. The van der Waals surface area contributed by atoms with E-state index in [0.717, 1.165) is 25.0 Å². The van der Waals surface area contributed by atoms with Gasteiger partial charge in [0.2, 0.25) is 17.7 Å². The van der Waals surface area contributed by atoms with Crippen molar-refractivity contribution in [2.24, 2.45) is 5.92 Å². The second-order valence-corrected chi connectivity index (χ2v) is 7.03. The van der Waals surface area contributed by atoms with E-state index in [4.69, 9.17) is 14.0 Å². The van der Waals surface area contributed by atoms with Gasteiger partial charge < -0.3 is 19.3 Å². The Hall–Kier alpha value is -2.85. The number of rotatable bonds is 6. The number of hydrogen-bond acceptors (Lipinski definition) is 7. The van der Waals surface area contributed by atoms with Crippen LogP contribution in [0.2, 0.25) is 0 Å². The molecule has 1 aliphatic rings. The van der Waals surface area contributed by atoms with Gasteiger partial charge in [-0.1, -0.05) is 5.16 Å². The first-order valence-electron chi connectivity index (χ1n) is 8.56. The van der Waals surface area contributed by atoms with Crippen LogP contribution in [0.3, 0.4) is 0 Å². The molecule has 0 saturated heterocycles. The SMILES string of the molecule is Cc1nc(C(C)(C)NC(=O)Oc2ccc(C(F)(F)F)c(OCC3CC3)n2)no1. The predicted octanol–water partition coefficient (Wildman–Crippen LogP) is 3.60. The molecule has 0 aliphatic heterocycles. The highest BCUT2D eigenvalue weighted by molar-refractivity contribution is 5.71. The van der Waals surface area contributed by atoms with Crippen molar-refractivity contribution < 1.29 is 32.0 Å². The van der Waals surface area contributed by atoms with Gasteiger partial charge in [-0.05, 0) is 38.7 Å². The van der Waals surface area contributed by atoms with Gasteiger partial charge in [-0.15, -0.1) is 0 Å². The monoisotopic (exact) mass is 400 g/mol. The lowest BCUT2D eigenvalue weighted by Gasteiger charge is -2.21. The molecule has 2 aromatic rings. The Bertz CT molecular complexity index is 862. The van der Waals surface area contributed by atoms with Crippen molar-refractivity contribution >= 4 is 6.09 Å². The van der Waals surface area contributed by atoms with Crippen molar-refractivity contribution in [2.45, 2.75) is 45.3 Å². The second-order valence-electron chi connectivity index (χ2n) is 7.03. The molecule has 8 nitrogen and oxygen atoms in total. The predicted molar refractivity (Wildman–Crippen MR) is 88.7 cm³/mol. The van der Waals surface area contributed by atoms with Gasteiger partial charge in [-0.25, -0.2) is 4.79 Å². The lowest BCUT2D eigenvalue weighted by atomic mass is 10.1. The number of amides is 1. The standard InChI is InChI=1S/C17H19F3N4O4/c1-9-21-14(24-28-9)16(2,3)23-15(25)27-12-7-6-11(17(18,19)20)13(22-12)26-8-10-4-5-10/h6-7,10H,4-5,8H2,1-3H3,(H,23,25). The summed E-state index contributed by atoms with van der Waals surface area (Å²) >= 11 is 0. The number of hydrogen-bond donors (Lipinski definition) is 1. The fourth-order valence-electron chi connectivity index (χ4n) is 2.27. The Morgan fingerprint density at radius 1 is 1.29 bits per heavy atom. The molecule has 1 fully saturated rings. The second kappa shape index (κ2) is 7.28. The molecule has 1 amide bonds. The zero-order valence-corrected chi connectivity index (χ0v) is 15.5. The molecule has 0 atom stereocenters. The van der Waals surface area contributed by atoms with Gasteiger partial charge in [-0.3, -0.25) is 0 Å². The van der Waals surface area contributed by atoms with E-state index in [2.05, 4.69) is 20.4 Å². The molecule has 0 spiro atoms. The zero-order chi connectivity index (χ0) is 20.5. The molecule has 0 aromatic carbocycles. The molecular formula is C17H19F3N4O4. The molecule has 11 heteroatoms. The molecule has 3 rings (SSSR count). The third-order valence-corrected chi connectivity index (χ3v) is 3.99. The van der Waals surface area contributed by atoms with Gasteiger partial charge in [0.15, 0.2) is 5.82 Å². The average molecular weight is 400 g/mol. The van der Waals surface area contributed by atoms with Gasteiger partial charge >= 0.3 is 12.3 Å². The first kappa shape index (κ1) is 19.9. The minimum absolute atomic E-state index is 0.135. The fraction of sp³-hybridized carbons (Fsp3) is 0.529. The highest BCUT2D eigenvalue weighted by Crippen LogP contribution is 2.37. The van der Waals surface area contributed by atoms with Crippen LogP contribution in [0.5, 0.6) is 11.8 Å². The zero-order valence-electron chi connectivity index (χ0n) is 15.5. The summed E-state index contributed by atoms with van der Waals surface area (Å²) in [5.41, 5.74) is -2.06. The molecule has 1 aliphatic carbocycles. The minimum Gasteiger partial charge on any atom is -0.477 e. The van der Waals surface area contributed by atoms with Gasteiger partial charge in [0.05, 0.1) is 6.61 Å².